The molecule has 0 aromatic heterocycles. The molecular formula is C17H15IN2O5. The summed E-state index contributed by atoms with van der Waals surface area (Å²) < 4.78 is 11.1. The van der Waals surface area contributed by atoms with E-state index in [4.69, 9.17) is 15.2 Å². The second-order valence-corrected chi connectivity index (χ2v) is 6.40. The minimum absolute atomic E-state index is 0.0195. The third-order valence-corrected chi connectivity index (χ3v) is 4.33. The van der Waals surface area contributed by atoms with Crippen LogP contribution in [0.5, 0.6) is 0 Å². The zero-order valence-corrected chi connectivity index (χ0v) is 15.7. The van der Waals surface area contributed by atoms with Crippen molar-refractivity contribution in [2.24, 2.45) is 5.73 Å². The summed E-state index contributed by atoms with van der Waals surface area (Å²) in [4.78, 5) is 24.1. The number of carbonyl (C=O) groups is 2. The minimum atomic E-state index is -1.17. The van der Waals surface area contributed by atoms with Gasteiger partial charge in [-0.3, -0.25) is 0 Å². The number of hydrogen-bond acceptors (Lipinski definition) is 6. The first-order chi connectivity index (χ1) is 11.8. The van der Waals surface area contributed by atoms with Crippen molar-refractivity contribution in [2.45, 2.75) is 19.8 Å². The predicted molar refractivity (Wildman–Crippen MR) is 96.1 cm³/mol. The third kappa shape index (κ3) is 3.61. The Hall–Kier alpha value is -2.54. The number of allylic oxidation sites excluding steroid dienone is 2. The molecule has 0 saturated carbocycles. The van der Waals surface area contributed by atoms with Crippen LogP contribution < -0.4 is 5.73 Å². The Bertz CT molecular complexity index is 851. The fourth-order valence-electron chi connectivity index (χ4n) is 2.63. The Labute approximate surface area is 157 Å². The number of aromatic carboxylic acids is 1. The summed E-state index contributed by atoms with van der Waals surface area (Å²) in [6.45, 7) is 3.30. The minimum Gasteiger partial charge on any atom is -0.478 e. The lowest BCUT2D eigenvalue weighted by atomic mass is 9.81. The van der Waals surface area contributed by atoms with Gasteiger partial charge in [-0.05, 0) is 54.1 Å². The Morgan fingerprint density at radius 1 is 1.48 bits per heavy atom. The number of ether oxygens (including phenoxy) is 2. The van der Waals surface area contributed by atoms with Crippen LogP contribution in [0.3, 0.4) is 0 Å². The van der Waals surface area contributed by atoms with Crippen molar-refractivity contribution in [1.29, 1.82) is 5.26 Å². The number of nitriles is 1. The van der Waals surface area contributed by atoms with E-state index in [0.29, 0.717) is 3.57 Å². The fourth-order valence-corrected chi connectivity index (χ4v) is 3.12. The molecule has 0 amide bonds. The van der Waals surface area contributed by atoms with E-state index in [2.05, 4.69) is 0 Å². The second kappa shape index (κ2) is 7.57. The van der Waals surface area contributed by atoms with Gasteiger partial charge in [0.25, 0.3) is 0 Å². The SMILES string of the molecule is CCOC(=O)C1=C(C)OC(N)=C(C#N)C1c1ccc(I)cc1C(=O)O. The van der Waals surface area contributed by atoms with Crippen LogP contribution in [-0.4, -0.2) is 23.7 Å². The lowest BCUT2D eigenvalue weighted by Crippen LogP contribution is -2.26. The van der Waals surface area contributed by atoms with Gasteiger partial charge in [0.2, 0.25) is 5.88 Å². The van der Waals surface area contributed by atoms with Crippen molar-refractivity contribution in [1.82, 2.24) is 0 Å². The molecule has 0 spiro atoms. The van der Waals surface area contributed by atoms with Gasteiger partial charge < -0.3 is 20.3 Å². The summed E-state index contributed by atoms with van der Waals surface area (Å²) in [5, 5.41) is 19.0. The van der Waals surface area contributed by atoms with E-state index < -0.39 is 17.9 Å². The summed E-state index contributed by atoms with van der Waals surface area (Å²) in [7, 11) is 0. The molecule has 1 atom stereocenters. The molecule has 0 aliphatic carbocycles. The molecule has 1 aromatic rings. The predicted octanol–water partition coefficient (Wildman–Crippen LogP) is 2.63. The maximum Gasteiger partial charge on any atom is 0.338 e. The van der Waals surface area contributed by atoms with Crippen LogP contribution in [-0.2, 0) is 14.3 Å². The van der Waals surface area contributed by atoms with Crippen LogP contribution in [0.2, 0.25) is 0 Å². The van der Waals surface area contributed by atoms with E-state index in [1.165, 1.54) is 13.0 Å². The van der Waals surface area contributed by atoms with Crippen LogP contribution in [0.4, 0.5) is 0 Å². The van der Waals surface area contributed by atoms with Gasteiger partial charge >= 0.3 is 11.9 Å². The van der Waals surface area contributed by atoms with E-state index in [-0.39, 0.29) is 40.5 Å². The van der Waals surface area contributed by atoms with E-state index in [1.54, 1.807) is 19.1 Å². The number of benzene rings is 1. The maximum atomic E-state index is 12.4. The Kier molecular flexibility index (Phi) is 5.69. The first-order valence-electron chi connectivity index (χ1n) is 7.30. The van der Waals surface area contributed by atoms with E-state index in [9.17, 15) is 20.0 Å². The number of carboxylic acids is 1. The van der Waals surface area contributed by atoms with Crippen molar-refractivity contribution in [3.05, 3.63) is 55.7 Å². The lowest BCUT2D eigenvalue weighted by molar-refractivity contribution is -0.139. The third-order valence-electron chi connectivity index (χ3n) is 3.66. The highest BCUT2D eigenvalue weighted by Crippen LogP contribution is 2.41. The van der Waals surface area contributed by atoms with Gasteiger partial charge in [-0.1, -0.05) is 6.07 Å². The molecule has 0 bridgehead atoms. The fraction of sp³-hybridized carbons (Fsp3) is 0.235. The van der Waals surface area contributed by atoms with Gasteiger partial charge in [0, 0.05) is 3.57 Å². The lowest BCUT2D eigenvalue weighted by Gasteiger charge is -2.27. The molecule has 3 N–H and O–H groups in total. The van der Waals surface area contributed by atoms with Gasteiger partial charge in [0.05, 0.1) is 23.7 Å². The summed E-state index contributed by atoms with van der Waals surface area (Å²) >= 11 is 1.99. The molecule has 1 unspecified atom stereocenters. The van der Waals surface area contributed by atoms with Gasteiger partial charge in [-0.15, -0.1) is 0 Å². The number of esters is 1. The molecule has 8 heteroatoms. The first kappa shape index (κ1) is 18.8. The average molecular weight is 454 g/mol. The Morgan fingerprint density at radius 2 is 2.16 bits per heavy atom. The molecule has 130 valence electrons. The molecule has 25 heavy (non-hydrogen) atoms. The van der Waals surface area contributed by atoms with Gasteiger partial charge in [-0.2, -0.15) is 5.26 Å². The van der Waals surface area contributed by atoms with E-state index >= 15 is 0 Å². The van der Waals surface area contributed by atoms with Crippen molar-refractivity contribution >= 4 is 34.5 Å². The normalized spacial score (nSPS) is 17.0. The summed E-state index contributed by atoms with van der Waals surface area (Å²) in [6, 6.07) is 6.66. The van der Waals surface area contributed by atoms with E-state index in [1.807, 2.05) is 28.7 Å². The molecule has 0 fully saturated rings. The van der Waals surface area contributed by atoms with Crippen molar-refractivity contribution < 1.29 is 24.2 Å². The monoisotopic (exact) mass is 454 g/mol. The molecule has 1 heterocycles. The van der Waals surface area contributed by atoms with Gasteiger partial charge in [-0.25, -0.2) is 9.59 Å². The number of nitrogens with zero attached hydrogens (tertiary/aromatic N) is 1. The Morgan fingerprint density at radius 3 is 2.72 bits per heavy atom. The first-order valence-corrected chi connectivity index (χ1v) is 8.37. The van der Waals surface area contributed by atoms with Gasteiger partial charge in [0.1, 0.15) is 17.4 Å². The van der Waals surface area contributed by atoms with Crippen LogP contribution in [0, 0.1) is 14.9 Å². The molecule has 0 radical (unpaired) electrons. The number of carbonyl (C=O) groups excluding carboxylic acids is 1. The largest absolute Gasteiger partial charge is 0.478 e. The molecule has 1 aliphatic rings. The summed E-state index contributed by atoms with van der Waals surface area (Å²) in [5.74, 6) is -2.81. The molecule has 0 saturated heterocycles. The molecule has 7 nitrogen and oxygen atoms in total. The molecule has 1 aliphatic heterocycles. The van der Waals surface area contributed by atoms with Crippen LogP contribution in [0.25, 0.3) is 0 Å². The van der Waals surface area contributed by atoms with Crippen molar-refractivity contribution in [2.75, 3.05) is 6.61 Å². The van der Waals surface area contributed by atoms with E-state index in [0.717, 1.165) is 0 Å². The quantitative estimate of drug-likeness (QED) is 0.530. The number of halogens is 1. The van der Waals surface area contributed by atoms with Crippen LogP contribution >= 0.6 is 22.6 Å². The zero-order valence-electron chi connectivity index (χ0n) is 13.5. The topological polar surface area (TPSA) is 123 Å². The van der Waals surface area contributed by atoms with Crippen molar-refractivity contribution in [3.8, 4) is 6.07 Å². The molecular weight excluding hydrogens is 439 g/mol. The van der Waals surface area contributed by atoms with Crippen LogP contribution in [0.1, 0.15) is 35.7 Å². The number of carboxylic acid groups (broad SMARTS) is 1. The molecule has 2 rings (SSSR count). The highest BCUT2D eigenvalue weighted by Gasteiger charge is 2.38. The standard InChI is InChI=1S/C17H15IN2O5/c1-3-24-17(23)13-8(2)25-15(20)12(7-19)14(13)10-5-4-9(18)6-11(10)16(21)22/h4-6,14H,3,20H2,1-2H3,(H,21,22). The maximum absolute atomic E-state index is 12.4. The van der Waals surface area contributed by atoms with Gasteiger partial charge in [0.15, 0.2) is 0 Å². The highest BCUT2D eigenvalue weighted by molar-refractivity contribution is 14.1. The van der Waals surface area contributed by atoms with Crippen molar-refractivity contribution in [3.63, 3.8) is 0 Å². The number of rotatable bonds is 4. The zero-order chi connectivity index (χ0) is 18.7. The van der Waals surface area contributed by atoms with Crippen LogP contribution in [0.15, 0.2) is 41.0 Å². The Balaban J connectivity index is 2.76. The second-order valence-electron chi connectivity index (χ2n) is 5.15. The highest BCUT2D eigenvalue weighted by atomic mass is 127. The average Bonchev–Trinajstić information content (AvgIpc) is 2.54. The smallest absolute Gasteiger partial charge is 0.338 e. The molecule has 1 aromatic carbocycles. The summed E-state index contributed by atoms with van der Waals surface area (Å²) in [6.07, 6.45) is 0. The number of nitrogens with two attached hydrogens (primary N) is 1. The number of hydrogen-bond donors (Lipinski definition) is 2. The summed E-state index contributed by atoms with van der Waals surface area (Å²) in [5.41, 5.74) is 6.09.